The molecule has 3 nitrogen and oxygen atoms in total. The largest absolute Gasteiger partial charge is 0.326 e. The summed E-state index contributed by atoms with van der Waals surface area (Å²) in [5.74, 6) is 0.955. The highest BCUT2D eigenvalue weighted by molar-refractivity contribution is 4.94. The zero-order chi connectivity index (χ0) is 10.3. The molecule has 3 saturated heterocycles. The fourth-order valence-corrected chi connectivity index (χ4v) is 3.33. The first kappa shape index (κ1) is 10.1. The summed E-state index contributed by atoms with van der Waals surface area (Å²) in [7, 11) is 0. The van der Waals surface area contributed by atoms with Gasteiger partial charge in [-0.1, -0.05) is 19.3 Å². The summed E-state index contributed by atoms with van der Waals surface area (Å²) in [5.41, 5.74) is 6.38. The quantitative estimate of drug-likeness (QED) is 0.735. The molecular formula is C12H23N3. The normalized spacial score (nSPS) is 42.6. The van der Waals surface area contributed by atoms with Crippen LogP contribution in [0, 0.1) is 5.92 Å². The van der Waals surface area contributed by atoms with Crippen LogP contribution in [0.4, 0.5) is 0 Å². The van der Waals surface area contributed by atoms with Crippen LogP contribution >= 0.6 is 0 Å². The highest BCUT2D eigenvalue weighted by atomic mass is 15.3. The van der Waals surface area contributed by atoms with Gasteiger partial charge in [-0.05, 0) is 12.3 Å². The van der Waals surface area contributed by atoms with Crippen molar-refractivity contribution in [2.24, 2.45) is 11.7 Å². The van der Waals surface area contributed by atoms with E-state index in [4.69, 9.17) is 5.73 Å². The van der Waals surface area contributed by atoms with Crippen molar-refractivity contribution in [1.82, 2.24) is 9.80 Å². The summed E-state index contributed by atoms with van der Waals surface area (Å²) in [4.78, 5) is 5.22. The summed E-state index contributed by atoms with van der Waals surface area (Å²) in [6.07, 6.45) is 5.58. The Morgan fingerprint density at radius 2 is 1.87 bits per heavy atom. The first-order valence-electron chi connectivity index (χ1n) is 6.55. The lowest BCUT2D eigenvalue weighted by atomic mass is 9.79. The van der Waals surface area contributed by atoms with Crippen LogP contribution in [0.1, 0.15) is 25.7 Å². The fraction of sp³-hybridized carbons (Fsp3) is 1.00. The van der Waals surface area contributed by atoms with Gasteiger partial charge >= 0.3 is 0 Å². The Morgan fingerprint density at radius 1 is 1.13 bits per heavy atom. The molecule has 4 fully saturated rings. The minimum Gasteiger partial charge on any atom is -0.326 e. The molecule has 4 rings (SSSR count). The predicted molar refractivity (Wildman–Crippen MR) is 61.7 cm³/mol. The standard InChI is InChI=1S/C12H23N3/c13-11(8-10-2-1-3-10)12-9-14-4-6-15(12)7-5-14/h10-12H,1-9,13H2. The second-order valence-corrected chi connectivity index (χ2v) is 5.60. The second kappa shape index (κ2) is 4.04. The Labute approximate surface area is 92.6 Å². The van der Waals surface area contributed by atoms with Crippen molar-refractivity contribution in [3.05, 3.63) is 0 Å². The summed E-state index contributed by atoms with van der Waals surface area (Å²) < 4.78 is 0. The van der Waals surface area contributed by atoms with Crippen molar-refractivity contribution in [3.8, 4) is 0 Å². The Morgan fingerprint density at radius 3 is 2.33 bits per heavy atom. The Balaban J connectivity index is 1.56. The van der Waals surface area contributed by atoms with Gasteiger partial charge in [-0.3, -0.25) is 9.80 Å². The predicted octanol–water partition coefficient (Wildman–Crippen LogP) is 0.504. The number of nitrogens with zero attached hydrogens (tertiary/aromatic N) is 2. The molecule has 2 unspecified atom stereocenters. The molecule has 3 heteroatoms. The zero-order valence-corrected chi connectivity index (χ0v) is 9.57. The van der Waals surface area contributed by atoms with Crippen molar-refractivity contribution < 1.29 is 0 Å². The number of rotatable bonds is 3. The maximum Gasteiger partial charge on any atom is 0.0375 e. The highest BCUT2D eigenvalue weighted by Gasteiger charge is 2.36. The van der Waals surface area contributed by atoms with Crippen LogP contribution in [-0.4, -0.2) is 54.6 Å². The Hall–Kier alpha value is -0.120. The third-order valence-corrected chi connectivity index (χ3v) is 4.65. The second-order valence-electron chi connectivity index (χ2n) is 5.60. The minimum atomic E-state index is 0.429. The highest BCUT2D eigenvalue weighted by Crippen LogP contribution is 2.32. The van der Waals surface area contributed by atoms with Gasteiger partial charge in [-0.2, -0.15) is 0 Å². The molecule has 1 saturated carbocycles. The van der Waals surface area contributed by atoms with Crippen molar-refractivity contribution in [3.63, 3.8) is 0 Å². The molecule has 0 amide bonds. The smallest absolute Gasteiger partial charge is 0.0375 e. The molecule has 4 aliphatic rings. The van der Waals surface area contributed by atoms with Crippen LogP contribution in [0.3, 0.4) is 0 Å². The molecule has 1 aliphatic carbocycles. The molecule has 0 aromatic heterocycles. The van der Waals surface area contributed by atoms with Crippen molar-refractivity contribution in [2.75, 3.05) is 32.7 Å². The van der Waals surface area contributed by atoms with Gasteiger partial charge < -0.3 is 5.73 Å². The van der Waals surface area contributed by atoms with Crippen molar-refractivity contribution in [2.45, 2.75) is 37.8 Å². The van der Waals surface area contributed by atoms with Crippen LogP contribution in [0.2, 0.25) is 0 Å². The van der Waals surface area contributed by atoms with Gasteiger partial charge in [0.2, 0.25) is 0 Å². The number of hydrogen-bond acceptors (Lipinski definition) is 3. The average molecular weight is 209 g/mol. The lowest BCUT2D eigenvalue weighted by Gasteiger charge is -2.50. The zero-order valence-electron chi connectivity index (χ0n) is 9.57. The first-order chi connectivity index (χ1) is 7.33. The molecule has 0 radical (unpaired) electrons. The van der Waals surface area contributed by atoms with Gasteiger partial charge in [0.15, 0.2) is 0 Å². The maximum atomic E-state index is 6.38. The van der Waals surface area contributed by atoms with E-state index in [1.54, 1.807) is 0 Å². The minimum absolute atomic E-state index is 0.429. The molecule has 3 aliphatic heterocycles. The fourth-order valence-electron chi connectivity index (χ4n) is 3.33. The number of fused-ring (bicyclic) bond motifs is 3. The van der Waals surface area contributed by atoms with Gasteiger partial charge in [0.1, 0.15) is 0 Å². The SMILES string of the molecule is NC(CC1CCC1)C1CN2CCN1CC2. The third kappa shape index (κ3) is 1.93. The van der Waals surface area contributed by atoms with E-state index in [1.807, 2.05) is 0 Å². The van der Waals surface area contributed by atoms with E-state index in [2.05, 4.69) is 9.80 Å². The lowest BCUT2D eigenvalue weighted by Crippen LogP contribution is -2.66. The summed E-state index contributed by atoms with van der Waals surface area (Å²) in [6.45, 7) is 6.28. The summed E-state index contributed by atoms with van der Waals surface area (Å²) in [6, 6.07) is 1.09. The van der Waals surface area contributed by atoms with Crippen molar-refractivity contribution in [1.29, 1.82) is 0 Å². The molecule has 86 valence electrons. The molecule has 2 N–H and O–H groups in total. The van der Waals surface area contributed by atoms with Crippen LogP contribution in [0.5, 0.6) is 0 Å². The Kier molecular flexibility index (Phi) is 2.71. The molecule has 0 aromatic carbocycles. The van der Waals surface area contributed by atoms with E-state index in [0.717, 1.165) is 5.92 Å². The number of piperazine rings is 3. The van der Waals surface area contributed by atoms with Crippen LogP contribution in [0.25, 0.3) is 0 Å². The van der Waals surface area contributed by atoms with E-state index in [0.29, 0.717) is 12.1 Å². The molecular weight excluding hydrogens is 186 g/mol. The van der Waals surface area contributed by atoms with E-state index in [1.165, 1.54) is 58.4 Å². The molecule has 2 bridgehead atoms. The van der Waals surface area contributed by atoms with Gasteiger partial charge in [-0.25, -0.2) is 0 Å². The van der Waals surface area contributed by atoms with Crippen LogP contribution in [0.15, 0.2) is 0 Å². The molecule has 15 heavy (non-hydrogen) atoms. The molecule has 2 atom stereocenters. The summed E-state index contributed by atoms with van der Waals surface area (Å²) in [5, 5.41) is 0. The molecule has 3 heterocycles. The van der Waals surface area contributed by atoms with Gasteiger partial charge in [0.25, 0.3) is 0 Å². The van der Waals surface area contributed by atoms with E-state index in [-0.39, 0.29) is 0 Å². The van der Waals surface area contributed by atoms with E-state index < -0.39 is 0 Å². The Bertz CT molecular complexity index is 219. The van der Waals surface area contributed by atoms with E-state index >= 15 is 0 Å². The van der Waals surface area contributed by atoms with Gasteiger partial charge in [-0.15, -0.1) is 0 Å². The topological polar surface area (TPSA) is 32.5 Å². The number of hydrogen-bond donors (Lipinski definition) is 1. The van der Waals surface area contributed by atoms with Gasteiger partial charge in [0.05, 0.1) is 0 Å². The average Bonchev–Trinajstić information content (AvgIpc) is 2.25. The van der Waals surface area contributed by atoms with Crippen molar-refractivity contribution >= 4 is 0 Å². The maximum absolute atomic E-state index is 6.38. The third-order valence-electron chi connectivity index (χ3n) is 4.65. The van der Waals surface area contributed by atoms with Crippen LogP contribution < -0.4 is 5.73 Å². The monoisotopic (exact) mass is 209 g/mol. The number of nitrogens with two attached hydrogens (primary N) is 1. The lowest BCUT2D eigenvalue weighted by molar-refractivity contribution is -0.00251. The first-order valence-corrected chi connectivity index (χ1v) is 6.55. The van der Waals surface area contributed by atoms with E-state index in [9.17, 15) is 0 Å². The molecule has 0 aromatic rings. The molecule has 0 spiro atoms. The van der Waals surface area contributed by atoms with Gasteiger partial charge in [0, 0.05) is 44.8 Å². The summed E-state index contributed by atoms with van der Waals surface area (Å²) >= 11 is 0. The van der Waals surface area contributed by atoms with Crippen LogP contribution in [-0.2, 0) is 0 Å².